The average Bonchev–Trinajstić information content (AvgIpc) is 2.65. The van der Waals surface area contributed by atoms with Gasteiger partial charge in [-0.15, -0.1) is 0 Å². The number of aliphatic hydroxyl groups excluding tert-OH is 6. The van der Waals surface area contributed by atoms with Crippen molar-refractivity contribution in [1.82, 2.24) is 5.32 Å². The van der Waals surface area contributed by atoms with Gasteiger partial charge >= 0.3 is 10.4 Å². The van der Waals surface area contributed by atoms with Crippen molar-refractivity contribution in [2.75, 3.05) is 13.2 Å². The van der Waals surface area contributed by atoms with Crippen LogP contribution in [0.4, 0.5) is 0 Å². The highest BCUT2D eigenvalue weighted by Gasteiger charge is 2.52. The summed E-state index contributed by atoms with van der Waals surface area (Å²) in [7, 11) is -5.14. The van der Waals surface area contributed by atoms with Crippen LogP contribution >= 0.6 is 0 Å². The van der Waals surface area contributed by atoms with Crippen LogP contribution in [0.15, 0.2) is 0 Å². The standard InChI is InChI=1S/C14H25NO14S/c1-4(18)15-7-9(20)11(6(3-17)26-13(7)22)28-14-10(21)12(29-30(23,24)25)8(19)5(2-16)27-14/h5-14,16-17,19-22H,2-3H2,1H3,(H,15,18)(H,23,24,25)/t5-,6-,7-,8+,9-,10-,11-,12+,13+,14+/m1/s1. The minimum atomic E-state index is -5.14. The summed E-state index contributed by atoms with van der Waals surface area (Å²) >= 11 is 0. The second kappa shape index (κ2) is 10.1. The van der Waals surface area contributed by atoms with E-state index < -0.39 is 90.9 Å². The van der Waals surface area contributed by atoms with E-state index in [9.17, 15) is 43.9 Å². The monoisotopic (exact) mass is 463 g/mol. The van der Waals surface area contributed by atoms with Gasteiger partial charge in [0.25, 0.3) is 0 Å². The summed E-state index contributed by atoms with van der Waals surface area (Å²) in [4.78, 5) is 11.3. The first-order chi connectivity index (χ1) is 13.9. The van der Waals surface area contributed by atoms with Crippen molar-refractivity contribution in [2.45, 2.75) is 68.3 Å². The zero-order chi connectivity index (χ0) is 22.8. The highest BCUT2D eigenvalue weighted by Crippen LogP contribution is 2.30. The first kappa shape index (κ1) is 25.2. The lowest BCUT2D eigenvalue weighted by atomic mass is 9.95. The molecule has 0 bridgehead atoms. The molecule has 0 unspecified atom stereocenters. The van der Waals surface area contributed by atoms with Crippen LogP contribution in [0.3, 0.4) is 0 Å². The molecule has 2 rings (SSSR count). The quantitative estimate of drug-likeness (QED) is 0.164. The van der Waals surface area contributed by atoms with E-state index in [2.05, 4.69) is 9.50 Å². The van der Waals surface area contributed by atoms with Gasteiger partial charge in [0.15, 0.2) is 12.6 Å². The topological polar surface area (TPSA) is 242 Å². The molecule has 30 heavy (non-hydrogen) atoms. The Kier molecular flexibility index (Phi) is 8.47. The smallest absolute Gasteiger partial charge is 0.394 e. The third-order valence-corrected chi connectivity index (χ3v) is 5.05. The van der Waals surface area contributed by atoms with Gasteiger partial charge < -0.3 is 50.2 Å². The number of amides is 1. The number of nitrogens with one attached hydrogen (secondary N) is 1. The second-order valence-corrected chi connectivity index (χ2v) is 7.81. The Balaban J connectivity index is 2.26. The molecule has 0 aliphatic carbocycles. The van der Waals surface area contributed by atoms with Crippen molar-refractivity contribution in [3.63, 3.8) is 0 Å². The van der Waals surface area contributed by atoms with Gasteiger partial charge in [-0.1, -0.05) is 0 Å². The minimum Gasteiger partial charge on any atom is -0.394 e. The van der Waals surface area contributed by atoms with Crippen molar-refractivity contribution >= 4 is 16.3 Å². The average molecular weight is 463 g/mol. The Labute approximate surface area is 170 Å². The third kappa shape index (κ3) is 5.81. The highest BCUT2D eigenvalue weighted by atomic mass is 32.3. The summed E-state index contributed by atoms with van der Waals surface area (Å²) in [5.41, 5.74) is 0. The molecule has 8 N–H and O–H groups in total. The Hall–Kier alpha value is -1.02. The Morgan fingerprint density at radius 1 is 0.967 bits per heavy atom. The molecule has 0 spiro atoms. The zero-order valence-corrected chi connectivity index (χ0v) is 16.4. The van der Waals surface area contributed by atoms with Crippen LogP contribution in [0.5, 0.6) is 0 Å². The molecule has 2 aliphatic rings. The van der Waals surface area contributed by atoms with E-state index in [0.29, 0.717) is 0 Å². The van der Waals surface area contributed by atoms with Gasteiger partial charge in [0.05, 0.1) is 13.2 Å². The fourth-order valence-electron chi connectivity index (χ4n) is 3.21. The van der Waals surface area contributed by atoms with Crippen molar-refractivity contribution in [3.8, 4) is 0 Å². The molecule has 2 saturated heterocycles. The van der Waals surface area contributed by atoms with Gasteiger partial charge in [-0.2, -0.15) is 8.42 Å². The summed E-state index contributed by atoms with van der Waals surface area (Å²) in [6, 6.07) is -1.40. The van der Waals surface area contributed by atoms with E-state index in [4.69, 9.17) is 18.8 Å². The van der Waals surface area contributed by atoms with E-state index in [-0.39, 0.29) is 0 Å². The normalized spacial score (nSPS) is 42.7. The van der Waals surface area contributed by atoms with Gasteiger partial charge in [-0.25, -0.2) is 4.18 Å². The van der Waals surface area contributed by atoms with Crippen molar-refractivity contribution in [2.24, 2.45) is 0 Å². The summed E-state index contributed by atoms with van der Waals surface area (Å²) in [6.45, 7) is -0.559. The first-order valence-electron chi connectivity index (χ1n) is 8.72. The molecule has 0 radical (unpaired) electrons. The first-order valence-corrected chi connectivity index (χ1v) is 10.1. The molecule has 0 aromatic rings. The number of carbonyl (C=O) groups excluding carboxylic acids is 1. The lowest BCUT2D eigenvalue weighted by molar-refractivity contribution is -0.343. The molecular formula is C14H25NO14S. The molecule has 0 aromatic heterocycles. The molecule has 2 fully saturated rings. The van der Waals surface area contributed by atoms with Crippen LogP contribution in [-0.4, -0.2) is 124 Å². The van der Waals surface area contributed by atoms with E-state index in [1.807, 2.05) is 0 Å². The van der Waals surface area contributed by atoms with E-state index >= 15 is 0 Å². The van der Waals surface area contributed by atoms with Crippen molar-refractivity contribution < 1.29 is 66.8 Å². The zero-order valence-electron chi connectivity index (χ0n) is 15.6. The minimum absolute atomic E-state index is 0.637. The maximum atomic E-state index is 11.3. The fraction of sp³-hybridized carbons (Fsp3) is 0.929. The van der Waals surface area contributed by atoms with Gasteiger partial charge in [0.2, 0.25) is 5.91 Å². The Morgan fingerprint density at radius 2 is 1.57 bits per heavy atom. The predicted molar refractivity (Wildman–Crippen MR) is 90.6 cm³/mol. The lowest BCUT2D eigenvalue weighted by Crippen LogP contribution is -2.67. The molecule has 0 saturated carbocycles. The van der Waals surface area contributed by atoms with Crippen LogP contribution < -0.4 is 5.32 Å². The molecular weight excluding hydrogens is 438 g/mol. The molecule has 2 heterocycles. The summed E-state index contributed by atoms with van der Waals surface area (Å²) in [6.07, 6.45) is -15.7. The molecule has 16 heteroatoms. The molecule has 1 amide bonds. The van der Waals surface area contributed by atoms with Crippen LogP contribution in [0.2, 0.25) is 0 Å². The predicted octanol–water partition coefficient (Wildman–Crippen LogP) is -5.43. The number of ether oxygens (including phenoxy) is 3. The number of carbonyl (C=O) groups is 1. The largest absolute Gasteiger partial charge is 0.397 e. The number of hydrogen-bond donors (Lipinski definition) is 8. The van der Waals surface area contributed by atoms with Gasteiger partial charge in [0, 0.05) is 6.92 Å². The number of aliphatic hydroxyl groups is 6. The summed E-state index contributed by atoms with van der Waals surface area (Å²) in [5, 5.41) is 61.8. The van der Waals surface area contributed by atoms with E-state index in [1.165, 1.54) is 0 Å². The van der Waals surface area contributed by atoms with Crippen LogP contribution in [-0.2, 0) is 33.6 Å². The van der Waals surface area contributed by atoms with E-state index in [1.54, 1.807) is 0 Å². The Bertz CT molecular complexity index is 690. The summed E-state index contributed by atoms with van der Waals surface area (Å²) < 4.78 is 50.8. The third-order valence-electron chi connectivity index (χ3n) is 4.59. The second-order valence-electron chi connectivity index (χ2n) is 6.76. The Morgan fingerprint density at radius 3 is 2.07 bits per heavy atom. The highest BCUT2D eigenvalue weighted by molar-refractivity contribution is 7.80. The summed E-state index contributed by atoms with van der Waals surface area (Å²) in [5.74, 6) is -0.637. The number of hydrogen-bond acceptors (Lipinski definition) is 13. The fourth-order valence-corrected chi connectivity index (χ4v) is 3.72. The molecule has 0 aromatic carbocycles. The van der Waals surface area contributed by atoms with Crippen molar-refractivity contribution in [1.29, 1.82) is 0 Å². The molecule has 10 atom stereocenters. The van der Waals surface area contributed by atoms with Crippen LogP contribution in [0.25, 0.3) is 0 Å². The SMILES string of the molecule is CC(=O)N[C@@H]1[C@@H](O)[C@H](O[C@@H]2O[C@H](CO)[C@H](O)[C@H](OS(=O)(=O)O)[C@H]2O)[C@@H](CO)O[C@@H]1O. The molecule has 15 nitrogen and oxygen atoms in total. The molecule has 2 aliphatic heterocycles. The van der Waals surface area contributed by atoms with Crippen LogP contribution in [0.1, 0.15) is 6.92 Å². The maximum Gasteiger partial charge on any atom is 0.397 e. The van der Waals surface area contributed by atoms with Crippen LogP contribution in [0, 0.1) is 0 Å². The lowest BCUT2D eigenvalue weighted by Gasteiger charge is -2.46. The van der Waals surface area contributed by atoms with Gasteiger partial charge in [-0.3, -0.25) is 9.35 Å². The van der Waals surface area contributed by atoms with Crippen molar-refractivity contribution in [3.05, 3.63) is 0 Å². The van der Waals surface area contributed by atoms with Gasteiger partial charge in [0.1, 0.15) is 48.8 Å². The maximum absolute atomic E-state index is 11.3. The molecule has 176 valence electrons. The number of rotatable bonds is 7. The van der Waals surface area contributed by atoms with Gasteiger partial charge in [-0.05, 0) is 0 Å². The van der Waals surface area contributed by atoms with E-state index in [0.717, 1.165) is 6.92 Å².